The van der Waals surface area contributed by atoms with Crippen molar-refractivity contribution in [3.63, 3.8) is 0 Å². The molecule has 1 N–H and O–H groups in total. The Balaban J connectivity index is 1.77. The maximum atomic E-state index is 13.5. The third-order valence-corrected chi connectivity index (χ3v) is 2.72. The van der Waals surface area contributed by atoms with Crippen molar-refractivity contribution in [2.75, 3.05) is 5.32 Å². The van der Waals surface area contributed by atoms with Crippen LogP contribution in [0.15, 0.2) is 43.0 Å². The fourth-order valence-corrected chi connectivity index (χ4v) is 1.67. The molecule has 0 bridgehead atoms. The van der Waals surface area contributed by atoms with Gasteiger partial charge in [0.15, 0.2) is 11.5 Å². The zero-order valence-electron chi connectivity index (χ0n) is 10.9. The Morgan fingerprint density at radius 1 is 1.14 bits per heavy atom. The highest BCUT2D eigenvalue weighted by molar-refractivity contribution is 6.02. The van der Waals surface area contributed by atoms with Crippen molar-refractivity contribution >= 4 is 11.6 Å². The summed E-state index contributed by atoms with van der Waals surface area (Å²) in [4.78, 5) is 15.7. The van der Waals surface area contributed by atoms with E-state index in [9.17, 15) is 13.6 Å². The molecule has 0 atom stereocenters. The predicted octanol–water partition coefficient (Wildman–Crippen LogP) is 1.59. The van der Waals surface area contributed by atoms with E-state index < -0.39 is 17.5 Å². The molecule has 0 radical (unpaired) electrons. The van der Waals surface area contributed by atoms with Gasteiger partial charge < -0.3 is 5.32 Å². The fraction of sp³-hybridized carbons (Fsp3) is 0. The minimum atomic E-state index is -0.874. The van der Waals surface area contributed by atoms with Crippen LogP contribution in [0, 0.1) is 11.6 Å². The average Bonchev–Trinajstić information content (AvgIpc) is 3.04. The number of carbonyl (C=O) groups is 1. The second-order valence-electron chi connectivity index (χ2n) is 4.20. The average molecular weight is 302 g/mol. The van der Waals surface area contributed by atoms with E-state index in [0.29, 0.717) is 11.9 Å². The van der Waals surface area contributed by atoms with E-state index in [0.717, 1.165) is 12.1 Å². The quantitative estimate of drug-likeness (QED) is 0.794. The van der Waals surface area contributed by atoms with E-state index in [4.69, 9.17) is 0 Å². The van der Waals surface area contributed by atoms with Crippen molar-refractivity contribution in [2.24, 2.45) is 0 Å². The van der Waals surface area contributed by atoms with Gasteiger partial charge in [-0.1, -0.05) is 0 Å². The smallest absolute Gasteiger partial charge is 0.276 e. The molecule has 0 spiro atoms. The summed E-state index contributed by atoms with van der Waals surface area (Å²) in [7, 11) is 0. The molecule has 3 aromatic rings. The van der Waals surface area contributed by atoms with Crippen LogP contribution < -0.4 is 5.32 Å². The van der Waals surface area contributed by atoms with Crippen molar-refractivity contribution in [3.05, 3.63) is 60.3 Å². The van der Waals surface area contributed by atoms with Gasteiger partial charge in [-0.15, -0.1) is 10.2 Å². The van der Waals surface area contributed by atoms with Crippen molar-refractivity contribution in [1.82, 2.24) is 25.0 Å². The highest BCUT2D eigenvalue weighted by Gasteiger charge is 2.12. The molecule has 0 fully saturated rings. The third-order valence-electron chi connectivity index (χ3n) is 2.72. The van der Waals surface area contributed by atoms with E-state index in [-0.39, 0.29) is 11.4 Å². The molecule has 0 aliphatic carbocycles. The lowest BCUT2D eigenvalue weighted by molar-refractivity contribution is 0.102. The standard InChI is InChI=1S/C13H8F2N6O/c14-8-1-2-10(9(15)5-8)18-13(22)11-3-4-12(20-19-11)21-7-16-6-17-21/h1-7H,(H,18,22). The first-order chi connectivity index (χ1) is 10.6. The lowest BCUT2D eigenvalue weighted by Crippen LogP contribution is -2.16. The molecule has 0 saturated heterocycles. The van der Waals surface area contributed by atoms with Crippen molar-refractivity contribution in [2.45, 2.75) is 0 Å². The zero-order valence-corrected chi connectivity index (χ0v) is 10.9. The van der Waals surface area contributed by atoms with Crippen LogP contribution >= 0.6 is 0 Å². The Bertz CT molecular complexity index is 804. The zero-order chi connectivity index (χ0) is 15.5. The predicted molar refractivity (Wildman–Crippen MR) is 71.3 cm³/mol. The molecule has 1 amide bonds. The number of nitrogens with one attached hydrogen (secondary N) is 1. The van der Waals surface area contributed by atoms with Crippen molar-refractivity contribution in [3.8, 4) is 5.82 Å². The van der Waals surface area contributed by atoms with Crippen molar-refractivity contribution < 1.29 is 13.6 Å². The summed E-state index contributed by atoms with van der Waals surface area (Å²) in [5, 5.41) is 13.7. The number of nitrogens with zero attached hydrogens (tertiary/aromatic N) is 5. The first kappa shape index (κ1) is 13.7. The normalized spacial score (nSPS) is 10.5. The lowest BCUT2D eigenvalue weighted by Gasteiger charge is -2.06. The fourth-order valence-electron chi connectivity index (χ4n) is 1.67. The molecule has 3 rings (SSSR count). The van der Waals surface area contributed by atoms with Gasteiger partial charge in [0.2, 0.25) is 0 Å². The van der Waals surface area contributed by atoms with Crippen LogP contribution in [0.2, 0.25) is 0 Å². The second kappa shape index (κ2) is 5.64. The Morgan fingerprint density at radius 3 is 2.64 bits per heavy atom. The van der Waals surface area contributed by atoms with Gasteiger partial charge in [0.05, 0.1) is 5.69 Å². The maximum Gasteiger partial charge on any atom is 0.276 e. The molecular formula is C13H8F2N6O. The van der Waals surface area contributed by atoms with Crippen LogP contribution in [-0.2, 0) is 0 Å². The lowest BCUT2D eigenvalue weighted by atomic mass is 10.2. The molecule has 0 aliphatic rings. The Kier molecular flexibility index (Phi) is 3.52. The largest absolute Gasteiger partial charge is 0.318 e. The summed E-state index contributed by atoms with van der Waals surface area (Å²) in [6.45, 7) is 0. The number of benzene rings is 1. The highest BCUT2D eigenvalue weighted by atomic mass is 19.1. The minimum Gasteiger partial charge on any atom is -0.318 e. The maximum absolute atomic E-state index is 13.5. The molecule has 2 heterocycles. The van der Waals surface area contributed by atoms with Gasteiger partial charge in [-0.25, -0.2) is 18.4 Å². The summed E-state index contributed by atoms with van der Waals surface area (Å²) < 4.78 is 27.6. The first-order valence-electron chi connectivity index (χ1n) is 6.08. The molecule has 1 aromatic carbocycles. The van der Waals surface area contributed by atoms with E-state index in [1.54, 1.807) is 0 Å². The molecule has 9 heteroatoms. The van der Waals surface area contributed by atoms with Gasteiger partial charge in [-0.2, -0.15) is 5.10 Å². The van der Waals surface area contributed by atoms with Crippen molar-refractivity contribution in [1.29, 1.82) is 0 Å². The number of amides is 1. The molecule has 110 valence electrons. The van der Waals surface area contributed by atoms with E-state index >= 15 is 0 Å². The van der Waals surface area contributed by atoms with Gasteiger partial charge in [0.25, 0.3) is 5.91 Å². The topological polar surface area (TPSA) is 85.6 Å². The number of hydrogen-bond acceptors (Lipinski definition) is 5. The van der Waals surface area contributed by atoms with E-state index in [2.05, 4.69) is 25.6 Å². The van der Waals surface area contributed by atoms with Gasteiger partial charge in [0, 0.05) is 6.07 Å². The van der Waals surface area contributed by atoms with Crippen LogP contribution in [0.4, 0.5) is 14.5 Å². The number of rotatable bonds is 3. The van der Waals surface area contributed by atoms with Gasteiger partial charge in [-0.3, -0.25) is 4.79 Å². The molecule has 0 aliphatic heterocycles. The summed E-state index contributed by atoms with van der Waals surface area (Å²) >= 11 is 0. The third kappa shape index (κ3) is 2.77. The Morgan fingerprint density at radius 2 is 2.00 bits per heavy atom. The molecule has 22 heavy (non-hydrogen) atoms. The molecule has 0 saturated carbocycles. The molecular weight excluding hydrogens is 294 g/mol. The van der Waals surface area contributed by atoms with E-state index in [1.807, 2.05) is 0 Å². The molecule has 2 aromatic heterocycles. The minimum absolute atomic E-state index is 0.0207. The summed E-state index contributed by atoms with van der Waals surface area (Å²) in [6.07, 6.45) is 2.76. The number of hydrogen-bond donors (Lipinski definition) is 1. The number of anilines is 1. The number of carbonyl (C=O) groups excluding carboxylic acids is 1. The first-order valence-corrected chi connectivity index (χ1v) is 6.08. The van der Waals surface area contributed by atoms with E-state index in [1.165, 1.54) is 29.5 Å². The number of halogens is 2. The van der Waals surface area contributed by atoms with Gasteiger partial charge in [0.1, 0.15) is 24.3 Å². The van der Waals surface area contributed by atoms with Crippen LogP contribution in [0.3, 0.4) is 0 Å². The van der Waals surface area contributed by atoms with Gasteiger partial charge >= 0.3 is 0 Å². The summed E-state index contributed by atoms with van der Waals surface area (Å²) in [5.74, 6) is -1.89. The Hall–Kier alpha value is -3.23. The SMILES string of the molecule is O=C(Nc1ccc(F)cc1F)c1ccc(-n2cncn2)nn1. The summed E-state index contributed by atoms with van der Waals surface area (Å²) in [6, 6.07) is 5.76. The Labute approximate surface area is 122 Å². The molecule has 0 unspecified atom stereocenters. The van der Waals surface area contributed by atoms with Crippen LogP contribution in [0.25, 0.3) is 5.82 Å². The van der Waals surface area contributed by atoms with Crippen LogP contribution in [0.1, 0.15) is 10.5 Å². The van der Waals surface area contributed by atoms with Gasteiger partial charge in [-0.05, 0) is 24.3 Å². The number of aromatic nitrogens is 5. The summed E-state index contributed by atoms with van der Waals surface area (Å²) in [5.41, 5.74) is -0.166. The monoisotopic (exact) mass is 302 g/mol. The van der Waals surface area contributed by atoms with Crippen LogP contribution in [0.5, 0.6) is 0 Å². The molecule has 7 nitrogen and oxygen atoms in total. The van der Waals surface area contributed by atoms with Crippen LogP contribution in [-0.4, -0.2) is 30.9 Å². The highest BCUT2D eigenvalue weighted by Crippen LogP contribution is 2.15. The second-order valence-corrected chi connectivity index (χ2v) is 4.20.